The Balaban J connectivity index is 0.658. The topological polar surface area (TPSA) is 52.5 Å². The van der Waals surface area contributed by atoms with Gasteiger partial charge in [-0.15, -0.1) is 0 Å². The zero-order valence-electron chi connectivity index (χ0n) is 63.8. The molecule has 6 heterocycles. The molecule has 0 bridgehead atoms. The molecular formula is C110H68N6O2. The maximum atomic E-state index is 6.41. The van der Waals surface area contributed by atoms with Crippen LogP contribution in [0.1, 0.15) is 0 Å². The number of hydrogen-bond acceptors (Lipinski definition) is 4. The zero-order valence-corrected chi connectivity index (χ0v) is 63.8. The molecule has 0 aliphatic heterocycles. The Bertz CT molecular complexity index is 8390. The van der Waals surface area contributed by atoms with E-state index in [1.54, 1.807) is 0 Å². The van der Waals surface area contributed by atoms with Gasteiger partial charge in [-0.1, -0.05) is 224 Å². The first kappa shape index (κ1) is 65.6. The van der Waals surface area contributed by atoms with E-state index in [0.717, 1.165) is 178 Å². The number of benzene rings is 19. The predicted molar refractivity (Wildman–Crippen MR) is 494 cm³/mol. The van der Waals surface area contributed by atoms with Crippen molar-refractivity contribution in [1.82, 2.24) is 18.3 Å². The van der Waals surface area contributed by atoms with Gasteiger partial charge in [0.05, 0.1) is 44.1 Å². The lowest BCUT2D eigenvalue weighted by Crippen LogP contribution is -2.10. The van der Waals surface area contributed by atoms with Crippen LogP contribution in [0.3, 0.4) is 0 Å². The van der Waals surface area contributed by atoms with Crippen LogP contribution >= 0.6 is 0 Å². The van der Waals surface area contributed by atoms with Crippen molar-refractivity contribution in [2.45, 2.75) is 0 Å². The Labute approximate surface area is 676 Å². The predicted octanol–water partition coefficient (Wildman–Crippen LogP) is 30.5. The van der Waals surface area contributed by atoms with Crippen molar-refractivity contribution >= 4 is 186 Å². The largest absolute Gasteiger partial charge is 0.456 e. The molecule has 25 aromatic rings. The third kappa shape index (κ3) is 10.2. The molecule has 19 aromatic carbocycles. The van der Waals surface area contributed by atoms with Gasteiger partial charge in [-0.3, -0.25) is 0 Å². The molecule has 0 saturated heterocycles. The third-order valence-electron chi connectivity index (χ3n) is 24.6. The molecule has 0 spiro atoms. The van der Waals surface area contributed by atoms with Gasteiger partial charge in [0.25, 0.3) is 0 Å². The van der Waals surface area contributed by atoms with Crippen molar-refractivity contribution in [2.75, 3.05) is 9.80 Å². The molecule has 0 atom stereocenters. The second kappa shape index (κ2) is 25.8. The summed E-state index contributed by atoms with van der Waals surface area (Å²) >= 11 is 0. The maximum Gasteiger partial charge on any atom is 0.135 e. The van der Waals surface area contributed by atoms with Crippen LogP contribution in [0.4, 0.5) is 34.1 Å². The number of nitrogens with zero attached hydrogens (tertiary/aromatic N) is 6. The molecule has 550 valence electrons. The van der Waals surface area contributed by atoms with E-state index in [4.69, 9.17) is 8.83 Å². The number of para-hydroxylation sites is 8. The summed E-state index contributed by atoms with van der Waals surface area (Å²) in [6.45, 7) is 0. The van der Waals surface area contributed by atoms with Crippen LogP contribution in [0.25, 0.3) is 198 Å². The number of anilines is 6. The van der Waals surface area contributed by atoms with Crippen molar-refractivity contribution in [3.63, 3.8) is 0 Å². The van der Waals surface area contributed by atoms with Crippen LogP contribution in [-0.4, -0.2) is 18.3 Å². The van der Waals surface area contributed by atoms with Gasteiger partial charge in [0.1, 0.15) is 22.7 Å². The van der Waals surface area contributed by atoms with Crippen molar-refractivity contribution < 1.29 is 8.83 Å². The number of rotatable bonds is 12. The lowest BCUT2D eigenvalue weighted by molar-refractivity contribution is 0.631. The molecule has 8 heteroatoms. The van der Waals surface area contributed by atoms with Crippen molar-refractivity contribution in [2.24, 2.45) is 0 Å². The Hall–Kier alpha value is -15.9. The monoisotopic (exact) mass is 1500 g/mol. The summed E-state index contributed by atoms with van der Waals surface area (Å²) in [6, 6.07) is 151. The first-order valence-electron chi connectivity index (χ1n) is 40.3. The van der Waals surface area contributed by atoms with Gasteiger partial charge in [0.2, 0.25) is 0 Å². The number of aromatic nitrogens is 4. The van der Waals surface area contributed by atoms with E-state index >= 15 is 0 Å². The van der Waals surface area contributed by atoms with Crippen molar-refractivity contribution in [1.29, 1.82) is 0 Å². The van der Waals surface area contributed by atoms with E-state index in [1.165, 1.54) is 54.1 Å². The van der Waals surface area contributed by atoms with Crippen molar-refractivity contribution in [3.8, 4) is 45.4 Å². The molecule has 6 aromatic heterocycles. The van der Waals surface area contributed by atoms with E-state index in [-0.39, 0.29) is 0 Å². The van der Waals surface area contributed by atoms with Gasteiger partial charge in [-0.05, 0) is 220 Å². The standard InChI is InChI=1S/C110H68N6O2/c1-5-23-79(24-6-1)113-100-34-18-16-32-92(100)96-65-87(50-56-101(96)113)111(83-45-41-69-57-77(39-37-71(69)59-83)107-63-75-21-13-19-35-105(75)117-107)85-47-53-89-73(61-85)43-51-94-97-67-104-98(68-103(97)115(109(89)94)81-27-9-3-10-28-81)95-52-44-74-62-86(48-54-90(74)110(95)116(104)82-29-11-4-12-30-82)112(84-46-42-70-58-78(40-38-72(70)60-84)108-64-76-22-14-20-36-106(76)118-108)88-49-55-93-91-31-15-17-33-99(91)114(102(93)66-88)80-25-7-2-8-26-80/h1-68H. The lowest BCUT2D eigenvalue weighted by atomic mass is 10.0. The van der Waals surface area contributed by atoms with Gasteiger partial charge in [-0.25, -0.2) is 0 Å². The summed E-state index contributed by atoms with van der Waals surface area (Å²) in [4.78, 5) is 4.88. The van der Waals surface area contributed by atoms with E-state index < -0.39 is 0 Å². The van der Waals surface area contributed by atoms with Crippen LogP contribution in [0.2, 0.25) is 0 Å². The van der Waals surface area contributed by atoms with Gasteiger partial charge in [0, 0.05) is 133 Å². The molecule has 8 nitrogen and oxygen atoms in total. The highest BCUT2D eigenvalue weighted by Gasteiger charge is 2.26. The average Bonchev–Trinajstić information content (AvgIpc) is 1.54. The van der Waals surface area contributed by atoms with E-state index in [2.05, 4.69) is 416 Å². The summed E-state index contributed by atoms with van der Waals surface area (Å²) in [6.07, 6.45) is 0. The minimum Gasteiger partial charge on any atom is -0.456 e. The lowest BCUT2D eigenvalue weighted by Gasteiger charge is -2.27. The highest BCUT2D eigenvalue weighted by molar-refractivity contribution is 6.26. The molecular weight excluding hydrogens is 1440 g/mol. The number of fused-ring (bicyclic) bond motifs is 20. The SMILES string of the molecule is c1ccc(-n2c3ccccc3c3cc(N(c4ccc5cc(-c6cc7ccccc7o6)ccc5c4)c4ccc5c(ccc6c7cc8c(cc7n(-c7ccccc7)c56)c5ccc6cc(N(c7ccc9cc(-c%10cc%11ccccc%11o%10)ccc9c7)c7ccc9c%10ccccc%10n(-c%10ccccc%10)c9c7)ccc6c5n8-c5ccccc5)c4)ccc32)cc1. The maximum absolute atomic E-state index is 6.41. The second-order valence-corrected chi connectivity index (χ2v) is 31.2. The van der Waals surface area contributed by atoms with Crippen LogP contribution in [0.15, 0.2) is 421 Å². The summed E-state index contributed by atoms with van der Waals surface area (Å²) in [5.41, 5.74) is 23.8. The Morgan fingerprint density at radius 3 is 0.966 bits per heavy atom. The summed E-state index contributed by atoms with van der Waals surface area (Å²) < 4.78 is 22.6. The smallest absolute Gasteiger partial charge is 0.135 e. The number of hydrogen-bond donors (Lipinski definition) is 0. The summed E-state index contributed by atoms with van der Waals surface area (Å²) in [5.74, 6) is 1.71. The van der Waals surface area contributed by atoms with Gasteiger partial charge in [-0.2, -0.15) is 0 Å². The molecule has 0 saturated carbocycles. The quantitative estimate of drug-likeness (QED) is 0.122. The normalized spacial score (nSPS) is 12.1. The molecule has 0 unspecified atom stereocenters. The van der Waals surface area contributed by atoms with E-state index in [0.29, 0.717) is 0 Å². The van der Waals surface area contributed by atoms with Gasteiger partial charge < -0.3 is 36.9 Å². The molecule has 0 fully saturated rings. The Morgan fingerprint density at radius 2 is 0.483 bits per heavy atom. The molecule has 0 radical (unpaired) electrons. The molecule has 25 rings (SSSR count). The molecule has 0 N–H and O–H groups in total. The van der Waals surface area contributed by atoms with Gasteiger partial charge in [0.15, 0.2) is 0 Å². The molecule has 0 aliphatic carbocycles. The Kier molecular flexibility index (Phi) is 14.4. The van der Waals surface area contributed by atoms with Crippen LogP contribution in [-0.2, 0) is 0 Å². The van der Waals surface area contributed by atoms with Gasteiger partial charge >= 0.3 is 0 Å². The first-order chi connectivity index (χ1) is 58.5. The zero-order chi connectivity index (χ0) is 77.2. The van der Waals surface area contributed by atoms with Crippen LogP contribution in [0.5, 0.6) is 0 Å². The first-order valence-corrected chi connectivity index (χ1v) is 40.3. The fraction of sp³-hybridized carbons (Fsp3) is 0. The van der Waals surface area contributed by atoms with Crippen LogP contribution in [0, 0.1) is 0 Å². The highest BCUT2D eigenvalue weighted by atomic mass is 16.3. The van der Waals surface area contributed by atoms with E-state index in [9.17, 15) is 0 Å². The molecule has 118 heavy (non-hydrogen) atoms. The summed E-state index contributed by atoms with van der Waals surface area (Å²) in [7, 11) is 0. The Morgan fingerprint density at radius 1 is 0.169 bits per heavy atom. The minimum absolute atomic E-state index is 0.855. The fourth-order valence-electron chi connectivity index (χ4n) is 19.2. The molecule has 0 amide bonds. The highest BCUT2D eigenvalue weighted by Crippen LogP contribution is 2.49. The van der Waals surface area contributed by atoms with E-state index in [1.807, 2.05) is 24.3 Å². The molecule has 0 aliphatic rings. The minimum atomic E-state index is 0.855. The van der Waals surface area contributed by atoms with Crippen LogP contribution < -0.4 is 9.80 Å². The summed E-state index contributed by atoms with van der Waals surface area (Å²) in [5, 5.41) is 20.8. The number of furan rings is 2. The average molecular weight is 1510 g/mol. The second-order valence-electron chi connectivity index (χ2n) is 31.2. The fourth-order valence-corrected chi connectivity index (χ4v) is 19.2. The van der Waals surface area contributed by atoms with Crippen molar-refractivity contribution in [3.05, 3.63) is 413 Å². The third-order valence-corrected chi connectivity index (χ3v) is 24.6.